The number of hydrogen-bond donors (Lipinski definition) is 1. The molecule has 0 aromatic heterocycles. The Labute approximate surface area is 380 Å². The number of sulfonamides is 1. The van der Waals surface area contributed by atoms with Crippen LogP contribution in [0.15, 0.2) is 28.7 Å². The number of methoxy groups -OCH3 is 3. The van der Waals surface area contributed by atoms with Crippen LogP contribution in [0.4, 0.5) is 13.2 Å². The minimum Gasteiger partial charge on any atom is -0.858 e. The fraction of sp³-hybridized carbons (Fsp3) is 0.814. The molecule has 0 radical (unpaired) electrons. The Morgan fingerprint density at radius 3 is 1.54 bits per heavy atom. The first-order chi connectivity index (χ1) is 29.6. The summed E-state index contributed by atoms with van der Waals surface area (Å²) < 4.78 is 103. The van der Waals surface area contributed by atoms with Gasteiger partial charge < -0.3 is 47.3 Å². The summed E-state index contributed by atoms with van der Waals surface area (Å²) in [6.07, 6.45) is 5.16. The summed E-state index contributed by atoms with van der Waals surface area (Å²) in [4.78, 5) is 13.0. The predicted molar refractivity (Wildman–Crippen MR) is 246 cm³/mol. The number of alkyl halides is 3. The van der Waals surface area contributed by atoms with E-state index < -0.39 is 38.1 Å². The molecule has 63 heavy (non-hydrogen) atoms. The average Bonchev–Trinajstić information content (AvgIpc) is 3.22. The highest BCUT2D eigenvalue weighted by molar-refractivity contribution is 7.91. The number of esters is 1. The number of rotatable bonds is 33. The number of nitrogens with one attached hydrogen (secondary N) is 1. The number of carbonyl (C=O) groups excluding carboxylic acids is 1. The predicted octanol–water partition coefficient (Wildman–Crippen LogP) is 6.21. The van der Waals surface area contributed by atoms with Gasteiger partial charge in [-0.25, -0.2) is 0 Å². The molecule has 0 saturated heterocycles. The summed E-state index contributed by atoms with van der Waals surface area (Å²) >= 11 is 0. The van der Waals surface area contributed by atoms with Crippen LogP contribution < -0.4 is 10.0 Å². The zero-order chi connectivity index (χ0) is 48.4. The van der Waals surface area contributed by atoms with Crippen molar-refractivity contribution in [2.75, 3.05) is 107 Å². The number of ether oxygens (including phenoxy) is 7. The summed E-state index contributed by atoms with van der Waals surface area (Å²) in [6, 6.07) is 7.99. The maximum Gasteiger partial charge on any atom is 0.518 e. The topological polar surface area (TPSA) is 165 Å². The molecule has 0 fully saturated rings. The number of unbranched alkanes of at least 4 members (excludes halogenated alkanes) is 1. The molecule has 1 aromatic rings. The molecular formula is C43H83F3N2O12SSi2. The van der Waals surface area contributed by atoms with E-state index in [0.717, 1.165) is 70.3 Å². The van der Waals surface area contributed by atoms with Crippen molar-refractivity contribution in [1.82, 2.24) is 0 Å². The van der Waals surface area contributed by atoms with Crippen LogP contribution in [0, 0.1) is 5.92 Å². The molecule has 2 atom stereocenters. The molecule has 1 aromatic carbocycles. The van der Waals surface area contributed by atoms with Crippen molar-refractivity contribution >= 4 is 38.5 Å². The van der Waals surface area contributed by atoms with Crippen LogP contribution in [0.25, 0.3) is 0 Å². The second-order valence-electron chi connectivity index (χ2n) is 16.4. The van der Waals surface area contributed by atoms with Crippen LogP contribution in [0.1, 0.15) is 83.8 Å². The molecule has 1 N–H and O–H groups in total. The molecule has 0 aliphatic carbocycles. The quantitative estimate of drug-likeness (QED) is 0.0279. The highest BCUT2D eigenvalue weighted by Gasteiger charge is 2.45. The number of nitrogens with zero attached hydrogens (tertiary/aromatic N) is 1. The van der Waals surface area contributed by atoms with Crippen LogP contribution in [0.5, 0.6) is 0 Å². The lowest BCUT2D eigenvalue weighted by atomic mass is 9.98. The van der Waals surface area contributed by atoms with E-state index in [1.807, 2.05) is 27.7 Å². The van der Waals surface area contributed by atoms with Crippen LogP contribution in [0.2, 0.25) is 38.3 Å². The first kappa shape index (κ1) is 63.1. The van der Waals surface area contributed by atoms with Crippen molar-refractivity contribution in [1.29, 1.82) is 0 Å². The van der Waals surface area contributed by atoms with Crippen molar-refractivity contribution in [3.8, 4) is 0 Å². The summed E-state index contributed by atoms with van der Waals surface area (Å²) in [6.45, 7) is 28.7. The first-order valence-corrected chi connectivity index (χ1v) is 29.8. The van der Waals surface area contributed by atoms with Crippen LogP contribution in [-0.2, 0) is 52.1 Å². The van der Waals surface area contributed by atoms with E-state index in [4.69, 9.17) is 37.3 Å². The van der Waals surface area contributed by atoms with Gasteiger partial charge >= 0.3 is 21.5 Å². The molecule has 0 bridgehead atoms. The van der Waals surface area contributed by atoms with E-state index in [2.05, 4.69) is 37.5 Å². The third kappa shape index (κ3) is 33.2. The Hall–Kier alpha value is -1.99. The molecule has 0 aliphatic heterocycles. The third-order valence-electron chi connectivity index (χ3n) is 9.80. The molecule has 0 saturated carbocycles. The van der Waals surface area contributed by atoms with E-state index in [9.17, 15) is 31.5 Å². The van der Waals surface area contributed by atoms with Crippen molar-refractivity contribution in [3.05, 3.63) is 35.4 Å². The second kappa shape index (κ2) is 36.2. The summed E-state index contributed by atoms with van der Waals surface area (Å²) in [7, 11) is -3.91. The van der Waals surface area contributed by atoms with Crippen LogP contribution >= 0.6 is 0 Å². The Bertz CT molecular complexity index is 1390. The monoisotopic (exact) mass is 965 g/mol. The molecule has 2 unspecified atom stereocenters. The second-order valence-corrected chi connectivity index (χ2v) is 26.8. The normalized spacial score (nSPS) is 13.5. The summed E-state index contributed by atoms with van der Waals surface area (Å²) in [5, 5.41) is 11.4. The molecule has 0 aliphatic rings. The molecule has 0 amide bonds. The third-order valence-corrected chi connectivity index (χ3v) is 18.3. The lowest BCUT2D eigenvalue weighted by Crippen LogP contribution is -3.13. The summed E-state index contributed by atoms with van der Waals surface area (Å²) in [5.41, 5.74) is -4.87. The minimum atomic E-state index is -5.80. The smallest absolute Gasteiger partial charge is 0.518 e. The molecule has 14 nitrogen and oxygen atoms in total. The van der Waals surface area contributed by atoms with Crippen molar-refractivity contribution in [2.45, 2.75) is 116 Å². The lowest BCUT2D eigenvalue weighted by Gasteiger charge is -2.34. The van der Waals surface area contributed by atoms with Gasteiger partial charge in [-0.15, -0.1) is 0 Å². The zero-order valence-corrected chi connectivity index (χ0v) is 43.3. The molecule has 20 heteroatoms. The highest BCUT2D eigenvalue weighted by atomic mass is 32.2. The maximum atomic E-state index is 12.1. The van der Waals surface area contributed by atoms with Crippen molar-refractivity contribution < 1.29 is 73.7 Å². The van der Waals surface area contributed by atoms with Crippen LogP contribution in [0.3, 0.4) is 0 Å². The van der Waals surface area contributed by atoms with E-state index in [1.54, 1.807) is 33.5 Å². The number of halogens is 3. The zero-order valence-electron chi connectivity index (χ0n) is 40.5. The molecule has 1 rings (SSSR count). The highest BCUT2D eigenvalue weighted by Crippen LogP contribution is 2.26. The van der Waals surface area contributed by atoms with Crippen molar-refractivity contribution in [3.63, 3.8) is 0 Å². The van der Waals surface area contributed by atoms with Gasteiger partial charge in [0.2, 0.25) is 0 Å². The maximum absolute atomic E-state index is 12.1. The van der Waals surface area contributed by atoms with Gasteiger partial charge in [0.25, 0.3) is 0 Å². The van der Waals surface area contributed by atoms with E-state index >= 15 is 0 Å². The fourth-order valence-electron chi connectivity index (χ4n) is 5.59. The number of hydrogen-bond acceptors (Lipinski definition) is 12. The SMILES string of the molecule is CCC(C)c1ccc(C([O-])=NS(=O)(=O)C(F)(F)F)cc1.CCCC[Si](C)(C)O[Si](C)(C)CCCOC(=O)C(C)CC.COCCOCC[NH+](CCOCCOC)CCOCCOC. The largest absolute Gasteiger partial charge is 0.858 e. The van der Waals surface area contributed by atoms with Gasteiger partial charge in [0.1, 0.15) is 19.6 Å². The van der Waals surface area contributed by atoms with Gasteiger partial charge in [0, 0.05) is 27.2 Å². The Kier molecular flexibility index (Phi) is 36.2. The fourth-order valence-corrected chi connectivity index (χ4v) is 15.0. The molecule has 0 heterocycles. The minimum absolute atomic E-state index is 0.0203. The van der Waals surface area contributed by atoms with Gasteiger partial charge in [-0.2, -0.15) is 26.0 Å². The number of quaternary nitrogens is 1. The van der Waals surface area contributed by atoms with E-state index in [1.165, 1.54) is 35.9 Å². The van der Waals surface area contributed by atoms with Gasteiger partial charge in [0.15, 0.2) is 16.6 Å². The Morgan fingerprint density at radius 1 is 0.714 bits per heavy atom. The first-order valence-electron chi connectivity index (χ1n) is 22.2. The van der Waals surface area contributed by atoms with Gasteiger partial charge in [0.05, 0.1) is 72.0 Å². The Balaban J connectivity index is 0. The lowest BCUT2D eigenvalue weighted by molar-refractivity contribution is -0.901. The van der Waals surface area contributed by atoms with Gasteiger partial charge in [-0.1, -0.05) is 71.7 Å². The Morgan fingerprint density at radius 2 is 1.16 bits per heavy atom. The van der Waals surface area contributed by atoms with Gasteiger partial charge in [-0.3, -0.25) is 4.79 Å². The van der Waals surface area contributed by atoms with E-state index in [-0.39, 0.29) is 23.4 Å². The van der Waals surface area contributed by atoms with Crippen LogP contribution in [-0.4, -0.2) is 149 Å². The van der Waals surface area contributed by atoms with E-state index in [0.29, 0.717) is 46.2 Å². The van der Waals surface area contributed by atoms with Crippen molar-refractivity contribution in [2.24, 2.45) is 10.3 Å². The summed E-state index contributed by atoms with van der Waals surface area (Å²) in [5.74, 6) is -1.24. The molecular weight excluding hydrogens is 882 g/mol. The standard InChI is InChI=1S/C16H36O3Si2.C15H33NO6.C12H14F3NO3S/c1-8-10-13-20(4,5)19-21(6,7)14-11-12-18-16(17)15(3)9-2;1-17-10-13-20-7-4-16(5-8-21-14-11-18-2)6-9-22-15-12-19-3;1-3-8(2)9-4-6-10(7-5-9)11(17)16-20(18,19)12(13,14)15/h15H,8-14H2,1-7H3;4-15H2,1-3H3;4-8H,3H2,1-2H3,(H,16,17). The number of carbonyl (C=O) groups is 1. The number of benzene rings is 1. The van der Waals surface area contributed by atoms with Gasteiger partial charge in [-0.05, 0) is 74.6 Å². The molecule has 372 valence electrons. The molecule has 0 spiro atoms. The average molecular weight is 965 g/mol.